The van der Waals surface area contributed by atoms with Gasteiger partial charge in [0, 0.05) is 5.56 Å². The van der Waals surface area contributed by atoms with Crippen molar-refractivity contribution in [3.63, 3.8) is 0 Å². The number of methoxy groups -OCH3 is 1. The van der Waals surface area contributed by atoms with Crippen molar-refractivity contribution in [1.82, 2.24) is 0 Å². The van der Waals surface area contributed by atoms with E-state index in [1.165, 1.54) is 13.2 Å². The van der Waals surface area contributed by atoms with E-state index in [0.717, 1.165) is 12.1 Å². The number of amides is 1. The molecule has 0 atom stereocenters. The van der Waals surface area contributed by atoms with Gasteiger partial charge in [-0.05, 0) is 30.3 Å². The van der Waals surface area contributed by atoms with Gasteiger partial charge >= 0.3 is 0 Å². The SMILES string of the molecule is COc1ccccc1NC(=O)c1cc(F)cc(C#N)c1. The van der Waals surface area contributed by atoms with Crippen LogP contribution < -0.4 is 10.1 Å². The number of nitrogens with one attached hydrogen (secondary N) is 1. The van der Waals surface area contributed by atoms with E-state index in [1.807, 2.05) is 0 Å². The Morgan fingerprint density at radius 2 is 2.05 bits per heavy atom. The van der Waals surface area contributed by atoms with E-state index >= 15 is 0 Å². The molecule has 0 aliphatic carbocycles. The first-order valence-electron chi connectivity index (χ1n) is 5.79. The van der Waals surface area contributed by atoms with Crippen LogP contribution in [0, 0.1) is 17.1 Å². The van der Waals surface area contributed by atoms with Crippen LogP contribution >= 0.6 is 0 Å². The molecule has 100 valence electrons. The molecule has 0 unspecified atom stereocenters. The van der Waals surface area contributed by atoms with Crippen LogP contribution in [0.5, 0.6) is 5.75 Å². The number of para-hydroxylation sites is 2. The Kier molecular flexibility index (Phi) is 3.96. The summed E-state index contributed by atoms with van der Waals surface area (Å²) >= 11 is 0. The zero-order chi connectivity index (χ0) is 14.5. The van der Waals surface area contributed by atoms with Gasteiger partial charge in [0.25, 0.3) is 5.91 Å². The lowest BCUT2D eigenvalue weighted by Crippen LogP contribution is -2.13. The number of carbonyl (C=O) groups excluding carboxylic acids is 1. The van der Waals surface area contributed by atoms with E-state index in [1.54, 1.807) is 30.3 Å². The molecule has 0 aliphatic rings. The lowest BCUT2D eigenvalue weighted by molar-refractivity contribution is 0.102. The van der Waals surface area contributed by atoms with E-state index in [-0.39, 0.29) is 11.1 Å². The topological polar surface area (TPSA) is 62.1 Å². The average Bonchev–Trinajstić information content (AvgIpc) is 2.47. The highest BCUT2D eigenvalue weighted by atomic mass is 19.1. The molecular weight excluding hydrogens is 259 g/mol. The second kappa shape index (κ2) is 5.85. The van der Waals surface area contributed by atoms with Gasteiger partial charge in [-0.1, -0.05) is 12.1 Å². The monoisotopic (exact) mass is 270 g/mol. The Bertz CT molecular complexity index is 693. The van der Waals surface area contributed by atoms with E-state index in [0.29, 0.717) is 11.4 Å². The summed E-state index contributed by atoms with van der Waals surface area (Å²) in [6, 6.07) is 12.1. The maximum Gasteiger partial charge on any atom is 0.255 e. The van der Waals surface area contributed by atoms with Crippen LogP contribution in [-0.4, -0.2) is 13.0 Å². The van der Waals surface area contributed by atoms with Crippen LogP contribution in [-0.2, 0) is 0 Å². The second-order valence-corrected chi connectivity index (χ2v) is 3.99. The Labute approximate surface area is 115 Å². The van der Waals surface area contributed by atoms with Crippen molar-refractivity contribution < 1.29 is 13.9 Å². The van der Waals surface area contributed by atoms with Gasteiger partial charge in [0.05, 0.1) is 24.4 Å². The maximum atomic E-state index is 13.3. The number of carbonyl (C=O) groups is 1. The summed E-state index contributed by atoms with van der Waals surface area (Å²) in [5, 5.41) is 11.4. The van der Waals surface area contributed by atoms with Crippen LogP contribution in [0.4, 0.5) is 10.1 Å². The van der Waals surface area contributed by atoms with Crippen molar-refractivity contribution in [2.75, 3.05) is 12.4 Å². The second-order valence-electron chi connectivity index (χ2n) is 3.99. The number of anilines is 1. The summed E-state index contributed by atoms with van der Waals surface area (Å²) in [6.45, 7) is 0. The Morgan fingerprint density at radius 1 is 1.30 bits per heavy atom. The fourth-order valence-electron chi connectivity index (χ4n) is 1.73. The molecule has 4 nitrogen and oxygen atoms in total. The minimum Gasteiger partial charge on any atom is -0.495 e. The molecule has 2 aromatic carbocycles. The van der Waals surface area contributed by atoms with Crippen molar-refractivity contribution in [3.05, 3.63) is 59.4 Å². The minimum atomic E-state index is -0.630. The Hall–Kier alpha value is -2.87. The highest BCUT2D eigenvalue weighted by Gasteiger charge is 2.11. The molecule has 0 saturated heterocycles. The van der Waals surface area contributed by atoms with Gasteiger partial charge in [0.1, 0.15) is 11.6 Å². The summed E-state index contributed by atoms with van der Waals surface area (Å²) in [5.74, 6) is -0.641. The zero-order valence-electron chi connectivity index (χ0n) is 10.7. The van der Waals surface area contributed by atoms with Gasteiger partial charge in [-0.2, -0.15) is 5.26 Å². The zero-order valence-corrected chi connectivity index (χ0v) is 10.7. The number of ether oxygens (including phenoxy) is 1. The van der Waals surface area contributed by atoms with Crippen LogP contribution in [0.25, 0.3) is 0 Å². The largest absolute Gasteiger partial charge is 0.495 e. The third-order valence-electron chi connectivity index (χ3n) is 2.64. The molecule has 0 bridgehead atoms. The Balaban J connectivity index is 2.29. The predicted molar refractivity (Wildman–Crippen MR) is 72.1 cm³/mol. The first kappa shape index (κ1) is 13.6. The molecule has 0 aromatic heterocycles. The van der Waals surface area contributed by atoms with Gasteiger partial charge in [0.15, 0.2) is 0 Å². The maximum absolute atomic E-state index is 13.3. The molecule has 5 heteroatoms. The van der Waals surface area contributed by atoms with Crippen molar-refractivity contribution in [3.8, 4) is 11.8 Å². The average molecular weight is 270 g/mol. The summed E-state index contributed by atoms with van der Waals surface area (Å²) in [6.07, 6.45) is 0. The number of nitrogens with zero attached hydrogens (tertiary/aromatic N) is 1. The van der Waals surface area contributed by atoms with Gasteiger partial charge < -0.3 is 10.1 Å². The lowest BCUT2D eigenvalue weighted by Gasteiger charge is -2.10. The van der Waals surface area contributed by atoms with Crippen LogP contribution in [0.15, 0.2) is 42.5 Å². The molecule has 0 radical (unpaired) electrons. The van der Waals surface area contributed by atoms with Crippen molar-refractivity contribution >= 4 is 11.6 Å². The van der Waals surface area contributed by atoms with E-state index in [2.05, 4.69) is 5.32 Å². The van der Waals surface area contributed by atoms with Crippen LogP contribution in [0.1, 0.15) is 15.9 Å². The minimum absolute atomic E-state index is 0.0763. The number of hydrogen-bond donors (Lipinski definition) is 1. The summed E-state index contributed by atoms with van der Waals surface area (Å²) in [4.78, 5) is 12.1. The fourth-order valence-corrected chi connectivity index (χ4v) is 1.73. The smallest absolute Gasteiger partial charge is 0.255 e. The van der Waals surface area contributed by atoms with Gasteiger partial charge in [0.2, 0.25) is 0 Å². The van der Waals surface area contributed by atoms with Crippen molar-refractivity contribution in [2.24, 2.45) is 0 Å². The normalized spacial score (nSPS) is 9.65. The number of rotatable bonds is 3. The van der Waals surface area contributed by atoms with Gasteiger partial charge in [-0.15, -0.1) is 0 Å². The third kappa shape index (κ3) is 2.93. The molecule has 0 aliphatic heterocycles. The Morgan fingerprint density at radius 3 is 2.75 bits per heavy atom. The number of benzene rings is 2. The van der Waals surface area contributed by atoms with Crippen LogP contribution in [0.2, 0.25) is 0 Å². The number of halogens is 1. The van der Waals surface area contributed by atoms with E-state index in [4.69, 9.17) is 10.00 Å². The summed E-state index contributed by atoms with van der Waals surface area (Å²) in [5.41, 5.74) is 0.644. The van der Waals surface area contributed by atoms with E-state index < -0.39 is 11.7 Å². The molecule has 2 aromatic rings. The summed E-state index contributed by atoms with van der Waals surface area (Å²) < 4.78 is 18.4. The standard InChI is InChI=1S/C15H11FN2O2/c1-20-14-5-3-2-4-13(14)18-15(19)11-6-10(9-17)7-12(16)8-11/h2-8H,1H3,(H,18,19). The molecular formula is C15H11FN2O2. The highest BCUT2D eigenvalue weighted by molar-refractivity contribution is 6.05. The molecule has 0 spiro atoms. The van der Waals surface area contributed by atoms with Crippen molar-refractivity contribution in [2.45, 2.75) is 0 Å². The lowest BCUT2D eigenvalue weighted by atomic mass is 10.1. The fraction of sp³-hybridized carbons (Fsp3) is 0.0667. The van der Waals surface area contributed by atoms with Crippen LogP contribution in [0.3, 0.4) is 0 Å². The van der Waals surface area contributed by atoms with Crippen molar-refractivity contribution in [1.29, 1.82) is 5.26 Å². The number of hydrogen-bond acceptors (Lipinski definition) is 3. The van der Waals surface area contributed by atoms with E-state index in [9.17, 15) is 9.18 Å². The molecule has 1 amide bonds. The third-order valence-corrected chi connectivity index (χ3v) is 2.64. The van der Waals surface area contributed by atoms with Gasteiger partial charge in [-0.3, -0.25) is 4.79 Å². The number of nitriles is 1. The quantitative estimate of drug-likeness (QED) is 0.932. The molecule has 2 rings (SSSR count). The molecule has 0 saturated carbocycles. The molecule has 1 N–H and O–H groups in total. The summed E-state index contributed by atoms with van der Waals surface area (Å²) in [7, 11) is 1.49. The first-order valence-corrected chi connectivity index (χ1v) is 5.79. The first-order chi connectivity index (χ1) is 9.63. The highest BCUT2D eigenvalue weighted by Crippen LogP contribution is 2.23. The molecule has 0 fully saturated rings. The van der Waals surface area contributed by atoms with Gasteiger partial charge in [-0.25, -0.2) is 4.39 Å². The molecule has 0 heterocycles. The molecule has 20 heavy (non-hydrogen) atoms. The predicted octanol–water partition coefficient (Wildman–Crippen LogP) is 2.96.